The molecule has 1 atom stereocenters. The number of hydrogen-bond acceptors (Lipinski definition) is 2. The number of nitrogens with one attached hydrogen (secondary N) is 2. The van der Waals surface area contributed by atoms with E-state index in [0.29, 0.717) is 16.5 Å². The molecule has 3 nitrogen and oxygen atoms in total. The van der Waals surface area contributed by atoms with Crippen LogP contribution in [-0.4, -0.2) is 4.98 Å². The zero-order valence-corrected chi connectivity index (χ0v) is 10.4. The molecule has 2 aromatic rings. The normalized spacial score (nSPS) is 12.9. The smallest absolute Gasteiger partial charge is 0.253 e. The summed E-state index contributed by atoms with van der Waals surface area (Å²) < 4.78 is 13.2. The van der Waals surface area contributed by atoms with E-state index in [4.69, 9.17) is 23.4 Å². The molecule has 0 aliphatic rings. The average Bonchev–Trinajstić information content (AvgIpc) is 2.30. The van der Waals surface area contributed by atoms with E-state index in [0.717, 1.165) is 0 Å². The summed E-state index contributed by atoms with van der Waals surface area (Å²) in [6.45, 7) is 1.74. The van der Waals surface area contributed by atoms with E-state index < -0.39 is 5.82 Å². The first kappa shape index (κ1) is 12.4. The van der Waals surface area contributed by atoms with Gasteiger partial charge in [-0.25, -0.2) is 9.23 Å². The Morgan fingerprint density at radius 3 is 2.76 bits per heavy atom. The molecule has 0 radical (unpaired) electrons. The Kier molecular flexibility index (Phi) is 3.38. The Hall–Kier alpha value is -1.10. The number of pyridine rings is 1. The summed E-state index contributed by atoms with van der Waals surface area (Å²) >= 11 is 11.2. The third-order valence-electron chi connectivity index (χ3n) is 2.54. The van der Waals surface area contributed by atoms with E-state index in [1.807, 2.05) is 0 Å². The predicted molar refractivity (Wildman–Crippen MR) is 66.9 cm³/mol. The fourth-order valence-corrected chi connectivity index (χ4v) is 1.89. The van der Waals surface area contributed by atoms with E-state index in [2.05, 4.69) is 9.82 Å². The fraction of sp³-hybridized carbons (Fsp3) is 0.182. The van der Waals surface area contributed by atoms with Gasteiger partial charge in [-0.15, -0.1) is 0 Å². The first-order chi connectivity index (χ1) is 8.02. The first-order valence-corrected chi connectivity index (χ1v) is 5.66. The van der Waals surface area contributed by atoms with Crippen LogP contribution in [0.2, 0.25) is 5.02 Å². The lowest BCUT2D eigenvalue weighted by Gasteiger charge is -2.09. The van der Waals surface area contributed by atoms with Crippen LogP contribution in [0.5, 0.6) is 0 Å². The highest BCUT2D eigenvalue weighted by Gasteiger charge is 2.11. The molecule has 0 unspecified atom stereocenters. The maximum absolute atomic E-state index is 13.2. The SMILES string of the molecule is C[C@H](NCl)c1cc2cc(Cl)c(F)cc2[nH]c1=O. The van der Waals surface area contributed by atoms with Gasteiger partial charge in [0.25, 0.3) is 5.56 Å². The Bertz CT molecular complexity index is 627. The average molecular weight is 275 g/mol. The van der Waals surface area contributed by atoms with Crippen LogP contribution in [0.15, 0.2) is 23.0 Å². The van der Waals surface area contributed by atoms with Gasteiger partial charge in [0.1, 0.15) is 5.82 Å². The molecule has 6 heteroatoms. The standard InChI is InChI=1S/C11H9Cl2FN2O/c1-5(16-13)7-2-6-3-8(12)9(14)4-10(6)15-11(7)17/h2-5,16H,1H3,(H,15,17)/t5-/m0/s1. The topological polar surface area (TPSA) is 44.9 Å². The summed E-state index contributed by atoms with van der Waals surface area (Å²) in [5, 5.41) is 0.673. The monoisotopic (exact) mass is 274 g/mol. The van der Waals surface area contributed by atoms with Gasteiger partial charge in [0.15, 0.2) is 0 Å². The number of benzene rings is 1. The molecule has 2 N–H and O–H groups in total. The minimum absolute atomic E-state index is 0.0157. The van der Waals surface area contributed by atoms with Gasteiger partial charge in [-0.05, 0) is 36.9 Å². The highest BCUT2D eigenvalue weighted by Crippen LogP contribution is 2.22. The zero-order chi connectivity index (χ0) is 12.6. The molecule has 0 spiro atoms. The molecule has 0 saturated carbocycles. The van der Waals surface area contributed by atoms with E-state index in [-0.39, 0.29) is 16.6 Å². The molecule has 0 aliphatic heterocycles. The van der Waals surface area contributed by atoms with Crippen LogP contribution in [-0.2, 0) is 0 Å². The summed E-state index contributed by atoms with van der Waals surface area (Å²) in [5.41, 5.74) is 0.567. The lowest BCUT2D eigenvalue weighted by Crippen LogP contribution is -2.19. The third-order valence-corrected chi connectivity index (χ3v) is 3.16. The van der Waals surface area contributed by atoms with Crippen LogP contribution >= 0.6 is 23.4 Å². The second kappa shape index (κ2) is 4.64. The van der Waals surface area contributed by atoms with Crippen LogP contribution < -0.4 is 10.4 Å². The lowest BCUT2D eigenvalue weighted by molar-refractivity contribution is 0.629. The zero-order valence-electron chi connectivity index (χ0n) is 8.85. The summed E-state index contributed by atoms with van der Waals surface area (Å²) in [4.78, 5) is 16.8. The number of H-pyrrole nitrogens is 1. The van der Waals surface area contributed by atoms with Gasteiger partial charge in [-0.2, -0.15) is 0 Å². The molecule has 90 valence electrons. The molecule has 0 saturated heterocycles. The Labute approximate surface area is 107 Å². The first-order valence-electron chi connectivity index (χ1n) is 4.91. The number of hydrogen-bond donors (Lipinski definition) is 2. The van der Waals surface area contributed by atoms with Gasteiger partial charge in [0.05, 0.1) is 10.5 Å². The Balaban J connectivity index is 2.72. The van der Waals surface area contributed by atoms with Crippen molar-refractivity contribution in [1.82, 2.24) is 9.82 Å². The molecular formula is C11H9Cl2FN2O. The molecule has 0 amide bonds. The number of aromatic amines is 1. The summed E-state index contributed by atoms with van der Waals surface area (Å²) in [7, 11) is 0. The largest absolute Gasteiger partial charge is 0.322 e. The number of fused-ring (bicyclic) bond motifs is 1. The van der Waals surface area contributed by atoms with Crippen molar-refractivity contribution in [2.24, 2.45) is 0 Å². The van der Waals surface area contributed by atoms with Gasteiger partial charge in [-0.3, -0.25) is 4.79 Å². The molecular weight excluding hydrogens is 266 g/mol. The van der Waals surface area contributed by atoms with Crippen molar-refractivity contribution in [2.45, 2.75) is 13.0 Å². The van der Waals surface area contributed by atoms with E-state index in [1.165, 1.54) is 12.1 Å². The highest BCUT2D eigenvalue weighted by atomic mass is 35.5. The molecule has 0 bridgehead atoms. The highest BCUT2D eigenvalue weighted by molar-refractivity contribution is 6.31. The minimum Gasteiger partial charge on any atom is -0.322 e. The van der Waals surface area contributed by atoms with Crippen LogP contribution in [0.1, 0.15) is 18.5 Å². The molecule has 1 aromatic heterocycles. The van der Waals surface area contributed by atoms with Crippen molar-refractivity contribution in [2.75, 3.05) is 0 Å². The van der Waals surface area contributed by atoms with Crippen LogP contribution in [0.25, 0.3) is 10.9 Å². The van der Waals surface area contributed by atoms with Crippen molar-refractivity contribution < 1.29 is 4.39 Å². The van der Waals surface area contributed by atoms with Crippen molar-refractivity contribution in [3.63, 3.8) is 0 Å². The molecule has 1 aromatic carbocycles. The molecule has 0 aliphatic carbocycles. The third kappa shape index (κ3) is 2.29. The Morgan fingerprint density at radius 1 is 1.41 bits per heavy atom. The maximum atomic E-state index is 13.2. The van der Waals surface area contributed by atoms with Crippen molar-refractivity contribution in [1.29, 1.82) is 0 Å². The lowest BCUT2D eigenvalue weighted by atomic mass is 10.1. The summed E-state index contributed by atoms with van der Waals surface area (Å²) in [5.74, 6) is -0.564. The van der Waals surface area contributed by atoms with Gasteiger partial charge in [0.2, 0.25) is 0 Å². The molecule has 2 rings (SSSR count). The minimum atomic E-state index is -0.564. The Morgan fingerprint density at radius 2 is 2.12 bits per heavy atom. The van der Waals surface area contributed by atoms with Crippen LogP contribution in [0.4, 0.5) is 4.39 Å². The number of rotatable bonds is 2. The number of aromatic nitrogens is 1. The van der Waals surface area contributed by atoms with Crippen molar-refractivity contribution in [3.8, 4) is 0 Å². The van der Waals surface area contributed by atoms with E-state index >= 15 is 0 Å². The maximum Gasteiger partial charge on any atom is 0.253 e. The molecule has 17 heavy (non-hydrogen) atoms. The quantitative estimate of drug-likeness (QED) is 0.827. The van der Waals surface area contributed by atoms with Crippen LogP contribution in [0, 0.1) is 5.82 Å². The van der Waals surface area contributed by atoms with Crippen molar-refractivity contribution >= 4 is 34.3 Å². The van der Waals surface area contributed by atoms with E-state index in [9.17, 15) is 9.18 Å². The van der Waals surface area contributed by atoms with Gasteiger partial charge >= 0.3 is 0 Å². The summed E-state index contributed by atoms with van der Waals surface area (Å²) in [6.07, 6.45) is 0. The number of halogens is 3. The predicted octanol–water partition coefficient (Wildman–Crippen LogP) is 3.13. The van der Waals surface area contributed by atoms with E-state index in [1.54, 1.807) is 13.0 Å². The second-order valence-electron chi connectivity index (χ2n) is 3.74. The summed E-state index contributed by atoms with van der Waals surface area (Å²) in [6, 6.07) is 3.99. The fourth-order valence-electron chi connectivity index (χ4n) is 1.60. The van der Waals surface area contributed by atoms with Crippen LogP contribution in [0.3, 0.4) is 0 Å². The second-order valence-corrected chi connectivity index (χ2v) is 4.36. The molecule has 0 fully saturated rings. The van der Waals surface area contributed by atoms with Gasteiger partial charge < -0.3 is 4.98 Å². The van der Waals surface area contributed by atoms with Gasteiger partial charge in [0, 0.05) is 17.0 Å². The van der Waals surface area contributed by atoms with Crippen molar-refractivity contribution in [3.05, 3.63) is 45.0 Å². The molecule has 1 heterocycles. The van der Waals surface area contributed by atoms with Gasteiger partial charge in [-0.1, -0.05) is 11.6 Å².